The molecule has 1 saturated heterocycles. The number of rotatable bonds is 5. The van der Waals surface area contributed by atoms with Crippen molar-refractivity contribution in [3.8, 4) is 11.3 Å². The number of hydrogen-bond donors (Lipinski definition) is 2. The van der Waals surface area contributed by atoms with Crippen LogP contribution in [0.5, 0.6) is 0 Å². The average molecular weight is 460 g/mol. The van der Waals surface area contributed by atoms with Gasteiger partial charge in [-0.15, -0.1) is 0 Å². The van der Waals surface area contributed by atoms with Gasteiger partial charge in [-0.2, -0.15) is 5.10 Å². The molecule has 180 valence electrons. The average Bonchev–Trinajstić information content (AvgIpc) is 3.39. The fourth-order valence-electron chi connectivity index (χ4n) is 5.77. The van der Waals surface area contributed by atoms with Crippen LogP contribution in [0.2, 0.25) is 0 Å². The number of pyridine rings is 1. The van der Waals surface area contributed by atoms with Crippen LogP contribution in [0.4, 0.5) is 0 Å². The first-order valence-corrected chi connectivity index (χ1v) is 12.5. The van der Waals surface area contributed by atoms with E-state index in [1.165, 1.54) is 51.7 Å². The van der Waals surface area contributed by atoms with Crippen molar-refractivity contribution in [1.82, 2.24) is 24.5 Å². The molecule has 0 saturated carbocycles. The molecule has 0 amide bonds. The second-order valence-corrected chi connectivity index (χ2v) is 11.1. The minimum atomic E-state index is -0.659. The van der Waals surface area contributed by atoms with Gasteiger partial charge in [0.2, 0.25) is 0 Å². The Morgan fingerprint density at radius 1 is 1.21 bits per heavy atom. The third kappa shape index (κ3) is 4.14. The van der Waals surface area contributed by atoms with Crippen LogP contribution in [0.25, 0.3) is 27.8 Å². The lowest BCUT2D eigenvalue weighted by Crippen LogP contribution is -2.43. The highest BCUT2D eigenvalue weighted by Crippen LogP contribution is 2.39. The predicted molar refractivity (Wildman–Crippen MR) is 139 cm³/mol. The van der Waals surface area contributed by atoms with Crippen molar-refractivity contribution < 1.29 is 5.11 Å². The zero-order valence-electron chi connectivity index (χ0n) is 21.3. The zero-order chi connectivity index (χ0) is 24.2. The molecule has 1 fully saturated rings. The second kappa shape index (κ2) is 8.51. The topological polar surface area (TPSA) is 69.5 Å². The number of nitrogens with one attached hydrogen (secondary N) is 1. The van der Waals surface area contributed by atoms with E-state index >= 15 is 0 Å². The number of aliphatic hydroxyl groups is 1. The van der Waals surface area contributed by atoms with Gasteiger partial charge < -0.3 is 10.1 Å². The minimum Gasteiger partial charge on any atom is -0.389 e. The number of H-pyrrole nitrogens is 1. The van der Waals surface area contributed by atoms with E-state index in [9.17, 15) is 5.11 Å². The van der Waals surface area contributed by atoms with Gasteiger partial charge >= 0.3 is 0 Å². The van der Waals surface area contributed by atoms with Gasteiger partial charge in [-0.25, -0.2) is 9.50 Å². The van der Waals surface area contributed by atoms with Gasteiger partial charge in [0, 0.05) is 35.8 Å². The quantitative estimate of drug-likeness (QED) is 0.409. The number of aromatic nitrogens is 4. The van der Waals surface area contributed by atoms with Gasteiger partial charge in [0.15, 0.2) is 5.65 Å². The smallest absolute Gasteiger partial charge is 0.158 e. The molecule has 6 nitrogen and oxygen atoms in total. The maximum absolute atomic E-state index is 10.3. The molecule has 0 bridgehead atoms. The molecular weight excluding hydrogens is 422 g/mol. The lowest BCUT2D eigenvalue weighted by Gasteiger charge is -2.36. The normalized spacial score (nSPS) is 17.9. The molecule has 4 aromatic rings. The van der Waals surface area contributed by atoms with E-state index in [1.54, 1.807) is 6.33 Å². The molecule has 6 heteroatoms. The number of β-amino-alcohol motifs (C(OH)–C–C–N with tert-alkyl or cyclic N) is 1. The number of likely N-dealkylation sites (tertiary alicyclic amines) is 1. The van der Waals surface area contributed by atoms with Crippen molar-refractivity contribution in [2.75, 3.05) is 19.6 Å². The first-order valence-electron chi connectivity index (χ1n) is 12.5. The summed E-state index contributed by atoms with van der Waals surface area (Å²) < 4.78 is 1.89. The fourth-order valence-corrected chi connectivity index (χ4v) is 5.77. The molecule has 0 aliphatic carbocycles. The number of aromatic amines is 1. The van der Waals surface area contributed by atoms with Crippen LogP contribution in [0.15, 0.2) is 30.7 Å². The van der Waals surface area contributed by atoms with Crippen molar-refractivity contribution in [3.63, 3.8) is 0 Å². The number of aryl methyl sites for hydroxylation is 1. The Balaban J connectivity index is 1.58. The molecule has 34 heavy (non-hydrogen) atoms. The Hall–Kier alpha value is -2.70. The molecule has 2 N–H and O–H groups in total. The van der Waals surface area contributed by atoms with Crippen molar-refractivity contribution >= 4 is 16.6 Å². The van der Waals surface area contributed by atoms with Crippen LogP contribution < -0.4 is 0 Å². The predicted octanol–water partition coefficient (Wildman–Crippen LogP) is 5.57. The third-order valence-corrected chi connectivity index (χ3v) is 7.42. The molecule has 1 atom stereocenters. The van der Waals surface area contributed by atoms with E-state index in [0.717, 1.165) is 30.8 Å². The van der Waals surface area contributed by atoms with E-state index < -0.39 is 5.60 Å². The molecule has 4 heterocycles. The molecule has 3 aromatic heterocycles. The van der Waals surface area contributed by atoms with E-state index in [1.807, 2.05) is 18.4 Å². The van der Waals surface area contributed by atoms with E-state index in [-0.39, 0.29) is 0 Å². The molecule has 1 aliphatic heterocycles. The highest BCUT2D eigenvalue weighted by Gasteiger charge is 2.27. The summed E-state index contributed by atoms with van der Waals surface area (Å²) in [5, 5.41) is 16.0. The summed E-state index contributed by atoms with van der Waals surface area (Å²) in [6.45, 7) is 15.5. The van der Waals surface area contributed by atoms with Gasteiger partial charge in [0.25, 0.3) is 0 Å². The monoisotopic (exact) mass is 459 g/mol. The molecule has 0 radical (unpaired) electrons. The first kappa shape index (κ1) is 23.1. The third-order valence-electron chi connectivity index (χ3n) is 7.42. The Morgan fingerprint density at radius 3 is 2.74 bits per heavy atom. The van der Waals surface area contributed by atoms with Crippen molar-refractivity contribution in [2.24, 2.45) is 0 Å². The summed E-state index contributed by atoms with van der Waals surface area (Å²) in [6, 6.07) is 6.97. The Labute approximate surface area is 202 Å². The van der Waals surface area contributed by atoms with Crippen LogP contribution in [-0.2, 0) is 0 Å². The summed E-state index contributed by atoms with van der Waals surface area (Å²) in [7, 11) is 0. The maximum atomic E-state index is 10.3. The standard InChI is InChI=1S/C28H37N5O/c1-17(2)25-22-12-20(21-8-7-11-32(13-21)15-28(5,6)34)9-10-24(22)31-26(25)23-14-33-27(29-16-30-33)19(4)18(23)3/h9-10,12,14,16-17,21,31,34H,7-8,11,13,15H2,1-6H3. The van der Waals surface area contributed by atoms with Crippen LogP contribution in [0.3, 0.4) is 0 Å². The van der Waals surface area contributed by atoms with Crippen LogP contribution in [0, 0.1) is 13.8 Å². The SMILES string of the molecule is Cc1c(-c2[nH]c3ccc(C4CCCN(CC(C)(C)O)C4)cc3c2C(C)C)cn2ncnc2c1C. The van der Waals surface area contributed by atoms with Gasteiger partial charge in [0.05, 0.1) is 11.3 Å². The molecule has 1 aromatic carbocycles. The van der Waals surface area contributed by atoms with Crippen molar-refractivity contribution in [1.29, 1.82) is 0 Å². The van der Waals surface area contributed by atoms with Gasteiger partial charge in [-0.05, 0) is 93.3 Å². The van der Waals surface area contributed by atoms with Gasteiger partial charge in [-0.3, -0.25) is 4.90 Å². The first-order chi connectivity index (χ1) is 16.1. The summed E-state index contributed by atoms with van der Waals surface area (Å²) in [4.78, 5) is 10.6. The summed E-state index contributed by atoms with van der Waals surface area (Å²) in [6.07, 6.45) is 6.10. The minimum absolute atomic E-state index is 0.378. The van der Waals surface area contributed by atoms with Crippen LogP contribution >= 0.6 is 0 Å². The summed E-state index contributed by atoms with van der Waals surface area (Å²) in [5.74, 6) is 0.873. The molecular formula is C28H37N5O. The lowest BCUT2D eigenvalue weighted by molar-refractivity contribution is 0.0272. The zero-order valence-corrected chi connectivity index (χ0v) is 21.3. The number of hydrogen-bond acceptors (Lipinski definition) is 4. The number of piperidine rings is 1. The highest BCUT2D eigenvalue weighted by atomic mass is 16.3. The largest absolute Gasteiger partial charge is 0.389 e. The fraction of sp³-hybridized carbons (Fsp3) is 0.500. The number of benzene rings is 1. The molecule has 0 spiro atoms. The Morgan fingerprint density at radius 2 is 2.00 bits per heavy atom. The van der Waals surface area contributed by atoms with Crippen molar-refractivity contribution in [3.05, 3.63) is 53.0 Å². The van der Waals surface area contributed by atoms with Crippen LogP contribution in [0.1, 0.15) is 74.6 Å². The van der Waals surface area contributed by atoms with E-state index in [2.05, 4.69) is 72.1 Å². The molecule has 1 aliphatic rings. The Kier molecular flexibility index (Phi) is 5.77. The maximum Gasteiger partial charge on any atom is 0.158 e. The molecule has 1 unspecified atom stereocenters. The summed E-state index contributed by atoms with van der Waals surface area (Å²) in [5.41, 5.74) is 8.98. The Bertz CT molecular complexity index is 1340. The second-order valence-electron chi connectivity index (χ2n) is 11.1. The van der Waals surface area contributed by atoms with Crippen molar-refractivity contribution in [2.45, 2.75) is 71.8 Å². The lowest BCUT2D eigenvalue weighted by atomic mass is 9.88. The highest BCUT2D eigenvalue weighted by molar-refractivity contribution is 5.92. The molecule has 5 rings (SSSR count). The van der Waals surface area contributed by atoms with Gasteiger partial charge in [-0.1, -0.05) is 19.9 Å². The van der Waals surface area contributed by atoms with Crippen LogP contribution in [-0.4, -0.2) is 54.8 Å². The number of nitrogens with zero attached hydrogens (tertiary/aromatic N) is 4. The van der Waals surface area contributed by atoms with E-state index in [4.69, 9.17) is 0 Å². The summed E-state index contributed by atoms with van der Waals surface area (Å²) >= 11 is 0. The van der Waals surface area contributed by atoms with Gasteiger partial charge in [0.1, 0.15) is 6.33 Å². The van der Waals surface area contributed by atoms with E-state index in [0.29, 0.717) is 11.8 Å². The number of fused-ring (bicyclic) bond motifs is 2.